The van der Waals surface area contributed by atoms with E-state index in [4.69, 9.17) is 5.73 Å². The molecule has 2 aromatic carbocycles. The van der Waals surface area contributed by atoms with Gasteiger partial charge in [-0.1, -0.05) is 15.9 Å². The average molecular weight is 497 g/mol. The van der Waals surface area contributed by atoms with Crippen LogP contribution in [0.15, 0.2) is 70.3 Å². The molecule has 0 atom stereocenters. The SMILES string of the molecule is Nc1nccc(-c2cn(S(=O)(=O)c3ccc(C(F)(F)F)cc3)c3ccc(Br)cc23)n1. The second kappa shape index (κ2) is 7.10. The first kappa shape index (κ1) is 20.4. The van der Waals surface area contributed by atoms with Crippen LogP contribution < -0.4 is 5.73 Å². The van der Waals surface area contributed by atoms with Crippen molar-refractivity contribution in [3.8, 4) is 11.3 Å². The molecule has 0 aliphatic heterocycles. The number of fused-ring (bicyclic) bond motifs is 1. The van der Waals surface area contributed by atoms with Crippen molar-refractivity contribution in [3.05, 3.63) is 71.0 Å². The summed E-state index contributed by atoms with van der Waals surface area (Å²) in [5.41, 5.74) is 5.95. The molecule has 4 aromatic rings. The fourth-order valence-corrected chi connectivity index (χ4v) is 4.76. The number of hydrogen-bond donors (Lipinski definition) is 1. The lowest BCUT2D eigenvalue weighted by atomic mass is 10.1. The highest BCUT2D eigenvalue weighted by Gasteiger charge is 2.31. The normalized spacial score (nSPS) is 12.4. The molecule has 4 rings (SSSR count). The van der Waals surface area contributed by atoms with Crippen molar-refractivity contribution in [2.75, 3.05) is 5.73 Å². The highest BCUT2D eigenvalue weighted by molar-refractivity contribution is 9.10. The number of aromatic nitrogens is 3. The summed E-state index contributed by atoms with van der Waals surface area (Å²) >= 11 is 3.36. The summed E-state index contributed by atoms with van der Waals surface area (Å²) < 4.78 is 66.6. The van der Waals surface area contributed by atoms with E-state index in [9.17, 15) is 21.6 Å². The quantitative estimate of drug-likeness (QED) is 0.443. The number of alkyl halides is 3. The highest BCUT2D eigenvalue weighted by Crippen LogP contribution is 2.35. The van der Waals surface area contributed by atoms with Crippen molar-refractivity contribution in [2.24, 2.45) is 0 Å². The van der Waals surface area contributed by atoms with E-state index in [0.29, 0.717) is 26.6 Å². The standard InChI is InChI=1S/C19H12BrF3N4O2S/c20-12-3-6-17-14(9-12)15(16-7-8-25-18(24)26-16)10-27(17)30(28,29)13-4-1-11(2-5-13)19(21,22)23/h1-10H,(H2,24,25,26). The molecule has 2 N–H and O–H groups in total. The van der Waals surface area contributed by atoms with Gasteiger partial charge in [0.15, 0.2) is 0 Å². The smallest absolute Gasteiger partial charge is 0.368 e. The Balaban J connectivity index is 1.92. The van der Waals surface area contributed by atoms with Crippen LogP contribution in [0.4, 0.5) is 19.1 Å². The minimum atomic E-state index is -4.56. The first-order valence-corrected chi connectivity index (χ1v) is 10.6. The molecule has 0 spiro atoms. The number of nitrogen functional groups attached to an aromatic ring is 1. The van der Waals surface area contributed by atoms with E-state index >= 15 is 0 Å². The van der Waals surface area contributed by atoms with Crippen molar-refractivity contribution < 1.29 is 21.6 Å². The van der Waals surface area contributed by atoms with Crippen molar-refractivity contribution in [3.63, 3.8) is 0 Å². The number of benzene rings is 2. The second-order valence-electron chi connectivity index (χ2n) is 6.33. The van der Waals surface area contributed by atoms with Gasteiger partial charge in [0, 0.05) is 27.8 Å². The van der Waals surface area contributed by atoms with Gasteiger partial charge in [-0.05, 0) is 48.5 Å². The molecule has 0 unspecified atom stereocenters. The fourth-order valence-electron chi connectivity index (χ4n) is 3.03. The minimum absolute atomic E-state index is 0.0222. The largest absolute Gasteiger partial charge is 0.416 e. The van der Waals surface area contributed by atoms with Gasteiger partial charge in [0.25, 0.3) is 10.0 Å². The van der Waals surface area contributed by atoms with Crippen LogP contribution in [0.25, 0.3) is 22.2 Å². The average Bonchev–Trinajstić information content (AvgIpc) is 3.07. The van der Waals surface area contributed by atoms with Crippen LogP contribution in [0.2, 0.25) is 0 Å². The van der Waals surface area contributed by atoms with Gasteiger partial charge >= 0.3 is 6.18 Å². The van der Waals surface area contributed by atoms with Crippen LogP contribution in [-0.2, 0) is 16.2 Å². The number of rotatable bonds is 3. The van der Waals surface area contributed by atoms with Crippen LogP contribution in [-0.4, -0.2) is 22.4 Å². The Bertz CT molecular complexity index is 1370. The molecule has 0 saturated heterocycles. The van der Waals surface area contributed by atoms with Crippen LogP contribution in [0, 0.1) is 0 Å². The number of halogens is 4. The molecule has 0 aliphatic rings. The zero-order chi connectivity index (χ0) is 21.7. The van der Waals surface area contributed by atoms with Gasteiger partial charge in [0.05, 0.1) is 21.7 Å². The monoisotopic (exact) mass is 496 g/mol. The molecule has 0 saturated carbocycles. The fraction of sp³-hybridized carbons (Fsp3) is 0.0526. The Morgan fingerprint density at radius 1 is 1.03 bits per heavy atom. The molecule has 0 amide bonds. The molecular weight excluding hydrogens is 485 g/mol. The predicted octanol–water partition coefficient (Wildman–Crippen LogP) is 4.70. The van der Waals surface area contributed by atoms with Crippen LogP contribution in [0.1, 0.15) is 5.56 Å². The zero-order valence-electron chi connectivity index (χ0n) is 14.9. The van der Waals surface area contributed by atoms with Gasteiger partial charge in [-0.2, -0.15) is 13.2 Å². The van der Waals surface area contributed by atoms with E-state index in [2.05, 4.69) is 25.9 Å². The predicted molar refractivity (Wildman–Crippen MR) is 109 cm³/mol. The molecule has 0 radical (unpaired) electrons. The maximum atomic E-state index is 13.2. The Hall–Kier alpha value is -2.92. The molecular formula is C19H12BrF3N4O2S. The lowest BCUT2D eigenvalue weighted by Crippen LogP contribution is -2.12. The summed E-state index contributed by atoms with van der Waals surface area (Å²) in [6.07, 6.45) is -1.75. The van der Waals surface area contributed by atoms with E-state index < -0.39 is 21.8 Å². The van der Waals surface area contributed by atoms with Gasteiger partial charge in [-0.25, -0.2) is 22.4 Å². The number of hydrogen-bond acceptors (Lipinski definition) is 5. The molecule has 2 aromatic heterocycles. The molecule has 11 heteroatoms. The molecule has 2 heterocycles. The first-order chi connectivity index (χ1) is 14.1. The van der Waals surface area contributed by atoms with Crippen molar-refractivity contribution in [2.45, 2.75) is 11.1 Å². The molecule has 0 fully saturated rings. The zero-order valence-corrected chi connectivity index (χ0v) is 17.3. The van der Waals surface area contributed by atoms with Crippen LogP contribution in [0.3, 0.4) is 0 Å². The molecule has 6 nitrogen and oxygen atoms in total. The second-order valence-corrected chi connectivity index (χ2v) is 9.06. The van der Waals surface area contributed by atoms with Gasteiger partial charge in [0.2, 0.25) is 5.95 Å². The Morgan fingerprint density at radius 2 is 1.73 bits per heavy atom. The van der Waals surface area contributed by atoms with Crippen LogP contribution in [0.5, 0.6) is 0 Å². The van der Waals surface area contributed by atoms with Crippen LogP contribution >= 0.6 is 15.9 Å². The number of nitrogens with two attached hydrogens (primary N) is 1. The topological polar surface area (TPSA) is 90.9 Å². The minimum Gasteiger partial charge on any atom is -0.368 e. The summed E-state index contributed by atoms with van der Waals surface area (Å²) in [7, 11) is -4.18. The molecule has 30 heavy (non-hydrogen) atoms. The van der Waals surface area contributed by atoms with Gasteiger partial charge < -0.3 is 5.73 Å². The first-order valence-electron chi connectivity index (χ1n) is 8.40. The molecule has 0 aliphatic carbocycles. The number of nitrogens with zero attached hydrogens (tertiary/aromatic N) is 3. The third-order valence-electron chi connectivity index (χ3n) is 4.42. The summed E-state index contributed by atoms with van der Waals surface area (Å²) in [4.78, 5) is 7.71. The highest BCUT2D eigenvalue weighted by atomic mass is 79.9. The number of anilines is 1. The summed E-state index contributed by atoms with van der Waals surface area (Å²) in [5, 5.41) is 0.568. The molecule has 0 bridgehead atoms. The van der Waals surface area contributed by atoms with Crippen molar-refractivity contribution >= 4 is 42.8 Å². The maximum Gasteiger partial charge on any atom is 0.416 e. The lowest BCUT2D eigenvalue weighted by molar-refractivity contribution is -0.137. The third-order valence-corrected chi connectivity index (χ3v) is 6.60. The Labute approximate surface area is 177 Å². The Morgan fingerprint density at radius 3 is 2.37 bits per heavy atom. The van der Waals surface area contributed by atoms with E-state index in [1.165, 1.54) is 12.4 Å². The summed E-state index contributed by atoms with van der Waals surface area (Å²) in [6.45, 7) is 0. The maximum absolute atomic E-state index is 13.2. The Kier molecular flexibility index (Phi) is 4.82. The van der Waals surface area contributed by atoms with E-state index in [-0.39, 0.29) is 10.8 Å². The summed E-state index contributed by atoms with van der Waals surface area (Å²) in [6, 6.07) is 9.91. The van der Waals surface area contributed by atoms with E-state index in [1.807, 2.05) is 0 Å². The summed E-state index contributed by atoms with van der Waals surface area (Å²) in [5.74, 6) is 0.0222. The van der Waals surface area contributed by atoms with Crippen molar-refractivity contribution in [1.29, 1.82) is 0 Å². The third kappa shape index (κ3) is 3.54. The van der Waals surface area contributed by atoms with Gasteiger partial charge in [0.1, 0.15) is 0 Å². The van der Waals surface area contributed by atoms with Gasteiger partial charge in [-0.3, -0.25) is 0 Å². The lowest BCUT2D eigenvalue weighted by Gasteiger charge is -2.10. The van der Waals surface area contributed by atoms with E-state index in [1.54, 1.807) is 24.3 Å². The van der Waals surface area contributed by atoms with Crippen molar-refractivity contribution in [1.82, 2.24) is 13.9 Å². The molecule has 154 valence electrons. The van der Waals surface area contributed by atoms with E-state index in [0.717, 1.165) is 28.2 Å². The van der Waals surface area contributed by atoms with Gasteiger partial charge in [-0.15, -0.1) is 0 Å².